The van der Waals surface area contributed by atoms with Crippen LogP contribution in [0.3, 0.4) is 0 Å². The minimum absolute atomic E-state index is 0.0873. The average Bonchev–Trinajstić information content (AvgIpc) is 2.39. The first-order chi connectivity index (χ1) is 8.67. The molecule has 0 bridgehead atoms. The van der Waals surface area contributed by atoms with Crippen LogP contribution in [0.25, 0.3) is 0 Å². The molecular formula is C13H21N3O2. The Balaban J connectivity index is 2.40. The molecule has 1 aromatic rings. The van der Waals surface area contributed by atoms with Crippen LogP contribution in [0.2, 0.25) is 0 Å². The quantitative estimate of drug-likeness (QED) is 0.844. The van der Waals surface area contributed by atoms with Gasteiger partial charge in [0.25, 0.3) is 5.56 Å². The molecule has 1 aliphatic rings. The van der Waals surface area contributed by atoms with Gasteiger partial charge in [0.1, 0.15) is 0 Å². The third kappa shape index (κ3) is 2.42. The first-order valence-corrected chi connectivity index (χ1v) is 6.39. The molecule has 1 aliphatic heterocycles. The third-order valence-electron chi connectivity index (χ3n) is 3.54. The van der Waals surface area contributed by atoms with Crippen molar-refractivity contribution < 1.29 is 4.74 Å². The molecule has 100 valence electrons. The number of nitrogen functional groups attached to an aromatic ring is 1. The van der Waals surface area contributed by atoms with Crippen LogP contribution in [0.15, 0.2) is 10.9 Å². The lowest BCUT2D eigenvalue weighted by Gasteiger charge is -2.29. The van der Waals surface area contributed by atoms with Crippen LogP contribution in [0.4, 0.5) is 5.69 Å². The fraction of sp³-hybridized carbons (Fsp3) is 0.615. The maximum atomic E-state index is 12.1. The molecule has 0 saturated heterocycles. The number of anilines is 1. The molecule has 0 saturated carbocycles. The Morgan fingerprint density at radius 3 is 2.94 bits per heavy atom. The second-order valence-corrected chi connectivity index (χ2v) is 4.64. The van der Waals surface area contributed by atoms with Crippen LogP contribution in [-0.4, -0.2) is 36.3 Å². The maximum absolute atomic E-state index is 12.1. The predicted octanol–water partition coefficient (Wildman–Crippen LogP) is 0.455. The van der Waals surface area contributed by atoms with Crippen LogP contribution < -0.4 is 11.3 Å². The zero-order valence-corrected chi connectivity index (χ0v) is 11.1. The fourth-order valence-electron chi connectivity index (χ4n) is 2.49. The monoisotopic (exact) mass is 251 g/mol. The van der Waals surface area contributed by atoms with Crippen molar-refractivity contribution in [2.24, 2.45) is 0 Å². The molecule has 0 fully saturated rings. The van der Waals surface area contributed by atoms with E-state index in [0.717, 1.165) is 31.7 Å². The largest absolute Gasteiger partial charge is 0.394 e. The molecule has 0 unspecified atom stereocenters. The summed E-state index contributed by atoms with van der Waals surface area (Å²) < 4.78 is 6.84. The highest BCUT2D eigenvalue weighted by Crippen LogP contribution is 2.19. The summed E-state index contributed by atoms with van der Waals surface area (Å²) in [4.78, 5) is 14.4. The van der Waals surface area contributed by atoms with Crippen LogP contribution >= 0.6 is 0 Å². The number of nitrogens with zero attached hydrogens (tertiary/aromatic N) is 2. The Labute approximate surface area is 107 Å². The number of hydrogen-bond donors (Lipinski definition) is 1. The number of fused-ring (bicyclic) bond motifs is 1. The summed E-state index contributed by atoms with van der Waals surface area (Å²) >= 11 is 0. The zero-order valence-electron chi connectivity index (χ0n) is 11.1. The Hall–Kier alpha value is -1.33. The Morgan fingerprint density at radius 2 is 2.28 bits per heavy atom. The van der Waals surface area contributed by atoms with E-state index in [1.807, 2.05) is 6.07 Å². The van der Waals surface area contributed by atoms with E-state index in [1.54, 1.807) is 11.7 Å². The van der Waals surface area contributed by atoms with Crippen molar-refractivity contribution in [1.82, 2.24) is 9.47 Å². The van der Waals surface area contributed by atoms with Gasteiger partial charge in [0.15, 0.2) is 0 Å². The van der Waals surface area contributed by atoms with Gasteiger partial charge in [-0.25, -0.2) is 0 Å². The molecule has 0 aliphatic carbocycles. The van der Waals surface area contributed by atoms with Crippen LogP contribution in [0.5, 0.6) is 0 Å². The highest BCUT2D eigenvalue weighted by Gasteiger charge is 2.20. The number of pyridine rings is 1. The average molecular weight is 251 g/mol. The topological polar surface area (TPSA) is 60.5 Å². The van der Waals surface area contributed by atoms with Gasteiger partial charge in [0.2, 0.25) is 0 Å². The van der Waals surface area contributed by atoms with E-state index >= 15 is 0 Å². The summed E-state index contributed by atoms with van der Waals surface area (Å²) in [5.74, 6) is 0. The summed E-state index contributed by atoms with van der Waals surface area (Å²) in [6.45, 7) is 6.16. The molecular weight excluding hydrogens is 230 g/mol. The minimum Gasteiger partial charge on any atom is -0.394 e. The molecule has 1 aromatic heterocycles. The van der Waals surface area contributed by atoms with Crippen molar-refractivity contribution >= 4 is 5.69 Å². The van der Waals surface area contributed by atoms with Gasteiger partial charge in [-0.2, -0.15) is 0 Å². The van der Waals surface area contributed by atoms with Gasteiger partial charge in [0.05, 0.1) is 12.3 Å². The second-order valence-electron chi connectivity index (χ2n) is 4.64. The molecule has 2 heterocycles. The van der Waals surface area contributed by atoms with Gasteiger partial charge >= 0.3 is 0 Å². The lowest BCUT2D eigenvalue weighted by Crippen LogP contribution is -2.37. The zero-order chi connectivity index (χ0) is 13.1. The van der Waals surface area contributed by atoms with E-state index < -0.39 is 0 Å². The highest BCUT2D eigenvalue weighted by atomic mass is 16.5. The van der Waals surface area contributed by atoms with Gasteiger partial charge in [-0.05, 0) is 18.2 Å². The lowest BCUT2D eigenvalue weighted by atomic mass is 10.0. The Bertz CT molecular complexity index is 482. The van der Waals surface area contributed by atoms with E-state index in [1.165, 1.54) is 5.56 Å². The van der Waals surface area contributed by atoms with Crippen molar-refractivity contribution in [3.05, 3.63) is 27.7 Å². The molecule has 2 N–H and O–H groups in total. The predicted molar refractivity (Wildman–Crippen MR) is 71.6 cm³/mol. The number of ether oxygens (including phenoxy) is 1. The lowest BCUT2D eigenvalue weighted by molar-refractivity contribution is 0.183. The number of aromatic nitrogens is 1. The van der Waals surface area contributed by atoms with Crippen molar-refractivity contribution in [1.29, 1.82) is 0 Å². The van der Waals surface area contributed by atoms with Crippen LogP contribution in [0, 0.1) is 0 Å². The van der Waals surface area contributed by atoms with Crippen molar-refractivity contribution in [2.45, 2.75) is 26.4 Å². The normalized spacial score (nSPS) is 15.7. The standard InChI is InChI=1S/C13H21N3O2/c1-3-15-5-4-12-10(9-15)8-11(14)13(17)16(12)6-7-18-2/h8H,3-7,9,14H2,1-2H3. The van der Waals surface area contributed by atoms with Gasteiger partial charge in [0, 0.05) is 38.9 Å². The van der Waals surface area contributed by atoms with Crippen LogP contribution in [-0.2, 0) is 24.2 Å². The van der Waals surface area contributed by atoms with Crippen molar-refractivity contribution in [2.75, 3.05) is 32.5 Å². The van der Waals surface area contributed by atoms with Crippen molar-refractivity contribution in [3.8, 4) is 0 Å². The van der Waals surface area contributed by atoms with Gasteiger partial charge in [-0.15, -0.1) is 0 Å². The van der Waals surface area contributed by atoms with Gasteiger partial charge < -0.3 is 15.0 Å². The fourth-order valence-corrected chi connectivity index (χ4v) is 2.49. The SMILES string of the molecule is CCN1CCc2c(cc(N)c(=O)n2CCOC)C1. The molecule has 0 atom stereocenters. The Morgan fingerprint density at radius 1 is 1.50 bits per heavy atom. The number of rotatable bonds is 4. The third-order valence-corrected chi connectivity index (χ3v) is 3.54. The molecule has 0 radical (unpaired) electrons. The van der Waals surface area contributed by atoms with Gasteiger partial charge in [-0.1, -0.05) is 6.92 Å². The highest BCUT2D eigenvalue weighted by molar-refractivity contribution is 5.42. The molecule has 2 rings (SSSR count). The molecule has 5 nitrogen and oxygen atoms in total. The molecule has 0 aromatic carbocycles. The number of methoxy groups -OCH3 is 1. The summed E-state index contributed by atoms with van der Waals surface area (Å²) in [5, 5.41) is 0. The summed E-state index contributed by atoms with van der Waals surface area (Å²) in [7, 11) is 1.64. The smallest absolute Gasteiger partial charge is 0.273 e. The summed E-state index contributed by atoms with van der Waals surface area (Å²) in [5.41, 5.74) is 8.36. The molecule has 0 amide bonds. The minimum atomic E-state index is -0.0873. The number of nitrogens with two attached hydrogens (primary N) is 1. The van der Waals surface area contributed by atoms with E-state index in [-0.39, 0.29) is 5.56 Å². The first-order valence-electron chi connectivity index (χ1n) is 6.39. The molecule has 5 heteroatoms. The van der Waals surface area contributed by atoms with Crippen LogP contribution in [0.1, 0.15) is 18.2 Å². The molecule has 0 spiro atoms. The number of likely N-dealkylation sites (N-methyl/N-ethyl adjacent to an activating group) is 1. The summed E-state index contributed by atoms with van der Waals surface area (Å²) in [6.07, 6.45) is 0.905. The van der Waals surface area contributed by atoms with E-state index in [4.69, 9.17) is 10.5 Å². The molecule has 18 heavy (non-hydrogen) atoms. The van der Waals surface area contributed by atoms with E-state index in [2.05, 4.69) is 11.8 Å². The van der Waals surface area contributed by atoms with Gasteiger partial charge in [-0.3, -0.25) is 9.69 Å². The second kappa shape index (κ2) is 5.54. The summed E-state index contributed by atoms with van der Waals surface area (Å²) in [6, 6.07) is 1.84. The number of hydrogen-bond acceptors (Lipinski definition) is 4. The Kier molecular flexibility index (Phi) is 4.04. The maximum Gasteiger partial charge on any atom is 0.273 e. The van der Waals surface area contributed by atoms with Crippen molar-refractivity contribution in [3.63, 3.8) is 0 Å². The first kappa shape index (κ1) is 13.1. The van der Waals surface area contributed by atoms with E-state index in [9.17, 15) is 4.79 Å². The van der Waals surface area contributed by atoms with E-state index in [0.29, 0.717) is 18.8 Å².